The van der Waals surface area contributed by atoms with Gasteiger partial charge in [-0.2, -0.15) is 0 Å². The molecule has 4 N–H and O–H groups in total. The number of carboxylic acids is 1. The minimum atomic E-state index is -0.816. The number of hydrogen-bond acceptors (Lipinski definition) is 4. The number of hydrogen-bond donors (Lipinski definition) is 4. The molecule has 21 heavy (non-hydrogen) atoms. The highest BCUT2D eigenvalue weighted by Crippen LogP contribution is 2.14. The van der Waals surface area contributed by atoms with Crippen LogP contribution in [0.2, 0.25) is 0 Å². The molecule has 0 aromatic rings. The van der Waals surface area contributed by atoms with Crippen molar-refractivity contribution in [3.05, 3.63) is 0 Å². The molecular formula is C16H32O5. The van der Waals surface area contributed by atoms with E-state index in [1.54, 1.807) is 0 Å². The number of aliphatic hydroxyl groups excluding tert-OH is 3. The summed E-state index contributed by atoms with van der Waals surface area (Å²) in [6.45, 7) is 0.274. The van der Waals surface area contributed by atoms with Crippen LogP contribution in [0.15, 0.2) is 0 Å². The largest absolute Gasteiger partial charge is 0.481 e. The minimum Gasteiger partial charge on any atom is -0.481 e. The summed E-state index contributed by atoms with van der Waals surface area (Å²) in [5.74, 6) is -0.816. The fraction of sp³-hybridized carbons (Fsp3) is 0.938. The van der Waals surface area contributed by atoms with E-state index in [4.69, 9.17) is 10.2 Å². The predicted octanol–water partition coefficient (Wildman–Crippen LogP) is 2.47. The van der Waals surface area contributed by atoms with Crippen molar-refractivity contribution in [2.45, 2.75) is 89.3 Å². The van der Waals surface area contributed by atoms with Gasteiger partial charge in [0.15, 0.2) is 0 Å². The standard InChI is InChI=1S/C16H32O5/c17-13-9-5-3-1-2-4-6-10-14(18)15(19)11-7-8-12-16(20)21/h14-15,17-19H,1-13H2,(H,20,21)/t14-,15+/m0/s1. The summed E-state index contributed by atoms with van der Waals surface area (Å²) >= 11 is 0. The SMILES string of the molecule is O=C(O)CCCC[C@@H](O)[C@@H](O)CCCCCCCCCO. The highest BCUT2D eigenvalue weighted by molar-refractivity contribution is 5.66. The summed E-state index contributed by atoms with van der Waals surface area (Å²) in [6, 6.07) is 0. The number of rotatable bonds is 15. The Morgan fingerprint density at radius 2 is 1.14 bits per heavy atom. The van der Waals surface area contributed by atoms with Crippen LogP contribution in [0.5, 0.6) is 0 Å². The summed E-state index contributed by atoms with van der Waals surface area (Å²) in [5.41, 5.74) is 0. The molecule has 0 radical (unpaired) electrons. The van der Waals surface area contributed by atoms with Crippen LogP contribution >= 0.6 is 0 Å². The monoisotopic (exact) mass is 304 g/mol. The van der Waals surface area contributed by atoms with E-state index in [1.165, 1.54) is 0 Å². The number of carboxylic acid groups (broad SMARTS) is 1. The summed E-state index contributed by atoms with van der Waals surface area (Å²) in [4.78, 5) is 10.3. The van der Waals surface area contributed by atoms with Gasteiger partial charge in [0.1, 0.15) is 0 Å². The third-order valence-electron chi connectivity index (χ3n) is 3.74. The van der Waals surface area contributed by atoms with Crippen LogP contribution in [0.25, 0.3) is 0 Å². The third kappa shape index (κ3) is 14.1. The Labute approximate surface area is 128 Å². The van der Waals surface area contributed by atoms with Crippen molar-refractivity contribution < 1.29 is 25.2 Å². The molecule has 0 aliphatic carbocycles. The normalized spacial score (nSPS) is 14.0. The van der Waals surface area contributed by atoms with Gasteiger partial charge in [0.2, 0.25) is 0 Å². The Kier molecular flexibility index (Phi) is 13.9. The van der Waals surface area contributed by atoms with Crippen LogP contribution in [0, 0.1) is 0 Å². The maximum atomic E-state index is 10.3. The van der Waals surface area contributed by atoms with Gasteiger partial charge in [-0.3, -0.25) is 4.79 Å². The first-order valence-corrected chi connectivity index (χ1v) is 8.26. The highest BCUT2D eigenvalue weighted by Gasteiger charge is 2.15. The molecule has 0 aromatic carbocycles. The fourth-order valence-corrected chi connectivity index (χ4v) is 2.36. The predicted molar refractivity (Wildman–Crippen MR) is 82.1 cm³/mol. The third-order valence-corrected chi connectivity index (χ3v) is 3.74. The Balaban J connectivity index is 3.38. The van der Waals surface area contributed by atoms with E-state index in [0.717, 1.165) is 44.9 Å². The highest BCUT2D eigenvalue weighted by atomic mass is 16.4. The summed E-state index contributed by atoms with van der Waals surface area (Å²) < 4.78 is 0. The van der Waals surface area contributed by atoms with Crippen molar-refractivity contribution in [2.75, 3.05) is 6.61 Å². The second-order valence-corrected chi connectivity index (χ2v) is 5.76. The smallest absolute Gasteiger partial charge is 0.303 e. The van der Waals surface area contributed by atoms with Gasteiger partial charge in [0.05, 0.1) is 12.2 Å². The van der Waals surface area contributed by atoms with Crippen LogP contribution < -0.4 is 0 Å². The molecule has 2 atom stereocenters. The zero-order chi connectivity index (χ0) is 15.9. The zero-order valence-electron chi connectivity index (χ0n) is 13.0. The lowest BCUT2D eigenvalue weighted by Crippen LogP contribution is -2.25. The van der Waals surface area contributed by atoms with E-state index in [-0.39, 0.29) is 13.0 Å². The second kappa shape index (κ2) is 14.3. The number of aliphatic carboxylic acids is 1. The maximum absolute atomic E-state index is 10.3. The van der Waals surface area contributed by atoms with Crippen LogP contribution in [0.4, 0.5) is 0 Å². The first-order valence-electron chi connectivity index (χ1n) is 8.26. The maximum Gasteiger partial charge on any atom is 0.303 e. The zero-order valence-corrected chi connectivity index (χ0v) is 13.0. The van der Waals surface area contributed by atoms with Crippen molar-refractivity contribution in [3.63, 3.8) is 0 Å². The number of aliphatic hydroxyl groups is 3. The molecule has 0 saturated carbocycles. The Morgan fingerprint density at radius 3 is 1.62 bits per heavy atom. The quantitative estimate of drug-likeness (QED) is 0.348. The van der Waals surface area contributed by atoms with Crippen molar-refractivity contribution in [1.82, 2.24) is 0 Å². The molecule has 0 saturated heterocycles. The lowest BCUT2D eigenvalue weighted by Gasteiger charge is -2.17. The molecule has 126 valence electrons. The summed E-state index contributed by atoms with van der Waals surface area (Å²) in [7, 11) is 0. The van der Waals surface area contributed by atoms with Crippen LogP contribution in [0.1, 0.15) is 77.0 Å². The van der Waals surface area contributed by atoms with Gasteiger partial charge >= 0.3 is 5.97 Å². The number of carbonyl (C=O) groups is 1. The fourth-order valence-electron chi connectivity index (χ4n) is 2.36. The molecule has 0 aromatic heterocycles. The Bertz CT molecular complexity index is 245. The molecule has 5 nitrogen and oxygen atoms in total. The van der Waals surface area contributed by atoms with Gasteiger partial charge in [0.25, 0.3) is 0 Å². The van der Waals surface area contributed by atoms with Crippen LogP contribution in [-0.4, -0.2) is 45.2 Å². The molecule has 0 rings (SSSR count). The van der Waals surface area contributed by atoms with Gasteiger partial charge in [-0.05, 0) is 25.7 Å². The van der Waals surface area contributed by atoms with Gasteiger partial charge in [-0.15, -0.1) is 0 Å². The summed E-state index contributed by atoms with van der Waals surface area (Å²) in [6.07, 6.45) is 8.33. The molecule has 0 unspecified atom stereocenters. The molecule has 0 fully saturated rings. The van der Waals surface area contributed by atoms with Crippen molar-refractivity contribution in [2.24, 2.45) is 0 Å². The van der Waals surface area contributed by atoms with Crippen molar-refractivity contribution >= 4 is 5.97 Å². The van der Waals surface area contributed by atoms with E-state index in [1.807, 2.05) is 0 Å². The summed E-state index contributed by atoms with van der Waals surface area (Å²) in [5, 5.41) is 36.7. The number of unbranched alkanes of at least 4 members (excludes halogenated alkanes) is 7. The van der Waals surface area contributed by atoms with E-state index in [0.29, 0.717) is 25.7 Å². The van der Waals surface area contributed by atoms with E-state index in [9.17, 15) is 15.0 Å². The first kappa shape index (κ1) is 20.3. The molecule has 0 aliphatic rings. The Morgan fingerprint density at radius 1 is 0.714 bits per heavy atom. The molecule has 0 aliphatic heterocycles. The van der Waals surface area contributed by atoms with Gasteiger partial charge in [-0.1, -0.05) is 44.9 Å². The molecule has 0 bridgehead atoms. The molecule has 0 heterocycles. The molecule has 0 spiro atoms. The van der Waals surface area contributed by atoms with Crippen LogP contribution in [-0.2, 0) is 4.79 Å². The average Bonchev–Trinajstić information content (AvgIpc) is 2.45. The Hall–Kier alpha value is -0.650. The molecular weight excluding hydrogens is 272 g/mol. The molecule has 0 amide bonds. The minimum absolute atomic E-state index is 0.124. The van der Waals surface area contributed by atoms with Crippen LogP contribution in [0.3, 0.4) is 0 Å². The van der Waals surface area contributed by atoms with Gasteiger partial charge in [-0.25, -0.2) is 0 Å². The second-order valence-electron chi connectivity index (χ2n) is 5.76. The van der Waals surface area contributed by atoms with E-state index >= 15 is 0 Å². The topological polar surface area (TPSA) is 98.0 Å². The molecule has 5 heteroatoms. The van der Waals surface area contributed by atoms with E-state index in [2.05, 4.69) is 0 Å². The lowest BCUT2D eigenvalue weighted by atomic mass is 10.00. The van der Waals surface area contributed by atoms with E-state index < -0.39 is 18.2 Å². The first-order chi connectivity index (χ1) is 10.1. The lowest BCUT2D eigenvalue weighted by molar-refractivity contribution is -0.137. The van der Waals surface area contributed by atoms with Crippen molar-refractivity contribution in [3.8, 4) is 0 Å². The van der Waals surface area contributed by atoms with Gasteiger partial charge in [0, 0.05) is 13.0 Å². The van der Waals surface area contributed by atoms with Gasteiger partial charge < -0.3 is 20.4 Å². The average molecular weight is 304 g/mol. The van der Waals surface area contributed by atoms with Crippen molar-refractivity contribution in [1.29, 1.82) is 0 Å².